The van der Waals surface area contributed by atoms with Crippen LogP contribution in [0.5, 0.6) is 0 Å². The Bertz CT molecular complexity index is 1880. The number of carbonyl (C=O) groups is 7. The minimum atomic E-state index is -1.38. The van der Waals surface area contributed by atoms with Crippen LogP contribution < -0.4 is 54.4 Å². The van der Waals surface area contributed by atoms with Crippen LogP contribution in [0.1, 0.15) is 48.9 Å². The predicted octanol–water partition coefficient (Wildman–Crippen LogP) is -2.59. The smallest absolute Gasteiger partial charge is 0.326 e. The van der Waals surface area contributed by atoms with Gasteiger partial charge in [-0.15, -0.1) is 0 Å². The van der Waals surface area contributed by atoms with Crippen LogP contribution in [-0.2, 0) is 52.8 Å². The number of aromatic nitrogens is 2. The zero-order chi connectivity index (χ0) is 44.6. The molecule has 0 aliphatic carbocycles. The predicted molar refractivity (Wildman–Crippen MR) is 224 cm³/mol. The van der Waals surface area contributed by atoms with E-state index >= 15 is 0 Å². The van der Waals surface area contributed by atoms with Crippen molar-refractivity contribution in [3.63, 3.8) is 0 Å². The first kappa shape index (κ1) is 48.5. The van der Waals surface area contributed by atoms with Gasteiger partial charge < -0.3 is 64.5 Å². The molecule has 1 heterocycles. The minimum absolute atomic E-state index is 0.00887. The van der Waals surface area contributed by atoms with E-state index in [1.165, 1.54) is 12.5 Å². The van der Waals surface area contributed by atoms with E-state index in [1.54, 1.807) is 54.6 Å². The molecule has 0 radical (unpaired) electrons. The van der Waals surface area contributed by atoms with Crippen LogP contribution in [0.25, 0.3) is 0 Å². The summed E-state index contributed by atoms with van der Waals surface area (Å²) in [4.78, 5) is 99.0. The van der Waals surface area contributed by atoms with Crippen LogP contribution in [0, 0.1) is 5.41 Å². The van der Waals surface area contributed by atoms with E-state index in [-0.39, 0.29) is 57.6 Å². The van der Waals surface area contributed by atoms with E-state index in [1.807, 2.05) is 6.07 Å². The molecule has 3 aromatic rings. The summed E-state index contributed by atoms with van der Waals surface area (Å²) in [6, 6.07) is 11.7. The summed E-state index contributed by atoms with van der Waals surface area (Å²) in [6.07, 6.45) is 4.13. The summed E-state index contributed by atoms with van der Waals surface area (Å²) < 4.78 is 0. The fraction of sp³-hybridized carbons (Fsp3) is 0.425. The number of aliphatic carboxylic acids is 1. The first-order valence-corrected chi connectivity index (χ1v) is 19.8. The molecule has 0 aliphatic heterocycles. The molecule has 16 N–H and O–H groups in total. The largest absolute Gasteiger partial charge is 0.480 e. The number of unbranched alkanes of at least 4 members (excludes halogenated alkanes) is 1. The standard InChI is InChI=1S/C40H57N13O8/c41-16-8-7-14-28(35(56)47-23-34(55)49-29(15-9-17-46-40(43)44)36(57)53-32(39(60)61)20-27-22-45-24-48-27)51-38(59)31(19-26-12-5-2-6-13-26)52-37(58)30(50-33(54)21-42)18-25-10-3-1-4-11-25/h1-6,10-13,22,24,28-32H,7-9,14-21,23,41-42H2,(H,45,48)(H,47,56)(H,49,55)(H,50,54)(H,51,59)(H,52,58)(H,53,57)(H,60,61)(H4,43,44,46)/t28-,29-,30-,31-,32-/m0/s1. The molecule has 0 aliphatic rings. The number of amides is 6. The average molecular weight is 848 g/mol. The molecule has 21 nitrogen and oxygen atoms in total. The first-order chi connectivity index (χ1) is 29.3. The van der Waals surface area contributed by atoms with Crippen molar-refractivity contribution in [3.8, 4) is 0 Å². The molecule has 3 rings (SSSR count). The van der Waals surface area contributed by atoms with Gasteiger partial charge >= 0.3 is 5.97 Å². The zero-order valence-electron chi connectivity index (χ0n) is 33.8. The van der Waals surface area contributed by atoms with Gasteiger partial charge in [-0.2, -0.15) is 0 Å². The molecule has 2 aromatic carbocycles. The molecule has 0 bridgehead atoms. The van der Waals surface area contributed by atoms with Gasteiger partial charge in [-0.1, -0.05) is 60.7 Å². The number of carbonyl (C=O) groups excluding carboxylic acids is 6. The minimum Gasteiger partial charge on any atom is -0.480 e. The summed E-state index contributed by atoms with van der Waals surface area (Å²) in [5.74, 6) is -5.92. The Kier molecular flexibility index (Phi) is 20.9. The molecule has 6 amide bonds. The molecule has 5 atom stereocenters. The second-order valence-corrected chi connectivity index (χ2v) is 14.1. The second-order valence-electron chi connectivity index (χ2n) is 14.1. The van der Waals surface area contributed by atoms with Crippen LogP contribution in [0.2, 0.25) is 0 Å². The zero-order valence-corrected chi connectivity index (χ0v) is 33.8. The highest BCUT2D eigenvalue weighted by Gasteiger charge is 2.31. The van der Waals surface area contributed by atoms with E-state index in [2.05, 4.69) is 47.2 Å². The van der Waals surface area contributed by atoms with Gasteiger partial charge in [-0.05, 0) is 49.8 Å². The highest BCUT2D eigenvalue weighted by atomic mass is 16.4. The SMILES string of the molecule is N=C(N)NCCC[C@H](NC(=O)CNC(=O)[C@H](CCCCN)NC(=O)[C@H](Cc1ccccc1)NC(=O)[C@H](Cc1ccccc1)NC(=O)CN)C(=O)N[C@@H](Cc1c[nH]cn1)C(=O)O. The van der Waals surface area contributed by atoms with Crippen LogP contribution in [0.3, 0.4) is 0 Å². The normalized spacial score (nSPS) is 13.2. The maximum Gasteiger partial charge on any atom is 0.326 e. The molecule has 21 heteroatoms. The lowest BCUT2D eigenvalue weighted by Crippen LogP contribution is -2.58. The molecule has 1 aromatic heterocycles. The summed E-state index contributed by atoms with van der Waals surface area (Å²) >= 11 is 0. The van der Waals surface area contributed by atoms with Crippen molar-refractivity contribution in [3.05, 3.63) is 90.0 Å². The van der Waals surface area contributed by atoms with Gasteiger partial charge in [-0.3, -0.25) is 34.2 Å². The summed E-state index contributed by atoms with van der Waals surface area (Å²) in [7, 11) is 0. The molecule has 0 spiro atoms. The maximum atomic E-state index is 14.0. The average Bonchev–Trinajstić information content (AvgIpc) is 3.76. The number of carboxylic acid groups (broad SMARTS) is 1. The van der Waals surface area contributed by atoms with Crippen molar-refractivity contribution in [2.24, 2.45) is 17.2 Å². The highest BCUT2D eigenvalue weighted by Crippen LogP contribution is 2.09. The third kappa shape index (κ3) is 18.3. The molecule has 0 fully saturated rings. The van der Waals surface area contributed by atoms with Crippen LogP contribution >= 0.6 is 0 Å². The monoisotopic (exact) mass is 847 g/mol. The van der Waals surface area contributed by atoms with Gasteiger partial charge in [0.1, 0.15) is 30.2 Å². The fourth-order valence-electron chi connectivity index (χ4n) is 6.10. The van der Waals surface area contributed by atoms with Gasteiger partial charge in [-0.25, -0.2) is 9.78 Å². The summed E-state index contributed by atoms with van der Waals surface area (Å²) in [6.45, 7) is -0.508. The molecular formula is C40H57N13O8. The van der Waals surface area contributed by atoms with Crippen molar-refractivity contribution in [2.75, 3.05) is 26.2 Å². The van der Waals surface area contributed by atoms with Gasteiger partial charge in [0, 0.05) is 32.0 Å². The summed E-state index contributed by atoms with van der Waals surface area (Å²) in [5, 5.41) is 35.2. The van der Waals surface area contributed by atoms with Gasteiger partial charge in [0.2, 0.25) is 35.4 Å². The number of nitrogens with one attached hydrogen (secondary N) is 9. The number of benzene rings is 2. The second kappa shape index (κ2) is 26.3. The maximum absolute atomic E-state index is 14.0. The van der Waals surface area contributed by atoms with E-state index in [0.29, 0.717) is 30.6 Å². The van der Waals surface area contributed by atoms with Crippen molar-refractivity contribution >= 4 is 47.4 Å². The number of imidazole rings is 1. The Balaban J connectivity index is 1.75. The van der Waals surface area contributed by atoms with Crippen LogP contribution in [0.4, 0.5) is 0 Å². The number of hydrogen-bond donors (Lipinski definition) is 13. The highest BCUT2D eigenvalue weighted by molar-refractivity contribution is 5.96. The topological polar surface area (TPSA) is 355 Å². The Labute approximate surface area is 353 Å². The van der Waals surface area contributed by atoms with Crippen molar-refractivity contribution < 1.29 is 38.7 Å². The number of aromatic amines is 1. The summed E-state index contributed by atoms with van der Waals surface area (Å²) in [5.41, 5.74) is 18.4. The van der Waals surface area contributed by atoms with Gasteiger partial charge in [0.05, 0.1) is 25.1 Å². The number of H-pyrrole nitrogens is 1. The number of hydrogen-bond acceptors (Lipinski definition) is 11. The van der Waals surface area contributed by atoms with Crippen LogP contribution in [0.15, 0.2) is 73.2 Å². The first-order valence-electron chi connectivity index (χ1n) is 19.8. The van der Waals surface area contributed by atoms with Crippen molar-refractivity contribution in [2.45, 2.75) is 81.6 Å². The fourth-order valence-corrected chi connectivity index (χ4v) is 6.10. The molecule has 0 saturated carbocycles. The molecule has 330 valence electrons. The number of guanidine groups is 1. The Hall–Kier alpha value is -6.87. The lowest BCUT2D eigenvalue weighted by atomic mass is 10.0. The number of nitrogens with two attached hydrogens (primary N) is 3. The number of carboxylic acids is 1. The quantitative estimate of drug-likeness (QED) is 0.0213. The van der Waals surface area contributed by atoms with E-state index in [0.717, 1.165) is 5.56 Å². The molecular weight excluding hydrogens is 791 g/mol. The Morgan fingerprint density at radius 3 is 1.70 bits per heavy atom. The third-order valence-corrected chi connectivity index (χ3v) is 9.26. The molecule has 0 saturated heterocycles. The Morgan fingerprint density at radius 2 is 1.16 bits per heavy atom. The lowest BCUT2D eigenvalue weighted by molar-refractivity contribution is -0.142. The molecule has 0 unspecified atom stereocenters. The molecule has 61 heavy (non-hydrogen) atoms. The van der Waals surface area contributed by atoms with Gasteiger partial charge in [0.25, 0.3) is 0 Å². The number of nitrogens with zero attached hydrogens (tertiary/aromatic N) is 1. The Morgan fingerprint density at radius 1 is 0.639 bits per heavy atom. The van der Waals surface area contributed by atoms with Crippen molar-refractivity contribution in [1.82, 2.24) is 47.2 Å². The van der Waals surface area contributed by atoms with E-state index in [9.17, 15) is 38.7 Å². The van der Waals surface area contributed by atoms with E-state index < -0.39 is 78.2 Å². The van der Waals surface area contributed by atoms with Gasteiger partial charge in [0.15, 0.2) is 5.96 Å². The third-order valence-electron chi connectivity index (χ3n) is 9.26. The van der Waals surface area contributed by atoms with Crippen molar-refractivity contribution in [1.29, 1.82) is 5.41 Å². The number of rotatable bonds is 27. The lowest BCUT2D eigenvalue weighted by Gasteiger charge is -2.26. The van der Waals surface area contributed by atoms with E-state index in [4.69, 9.17) is 22.6 Å². The van der Waals surface area contributed by atoms with Crippen LogP contribution in [-0.4, -0.2) is 119 Å².